The molecule has 4 rings (SSSR count). The van der Waals surface area contributed by atoms with E-state index in [2.05, 4.69) is 39.7 Å². The van der Waals surface area contributed by atoms with E-state index in [4.69, 9.17) is 14.5 Å². The van der Waals surface area contributed by atoms with Gasteiger partial charge in [0.25, 0.3) is 0 Å². The fourth-order valence-corrected chi connectivity index (χ4v) is 3.71. The Balaban J connectivity index is 0.00000256. The van der Waals surface area contributed by atoms with E-state index in [0.717, 1.165) is 30.4 Å². The summed E-state index contributed by atoms with van der Waals surface area (Å²) in [5.74, 6) is 1.76. The highest BCUT2D eigenvalue weighted by atomic mass is 127. The van der Waals surface area contributed by atoms with Gasteiger partial charge in [-0.05, 0) is 36.6 Å². The number of hydrogen-bond acceptors (Lipinski definition) is 3. The SMILES string of the molecule is I.c1ccc(CN=C(NCCc2ccco2)NCc2ccn(C3CCCC3)n2)cc1. The molecule has 0 aliphatic heterocycles. The maximum Gasteiger partial charge on any atom is 0.191 e. The van der Waals surface area contributed by atoms with Crippen LogP contribution < -0.4 is 10.6 Å². The smallest absolute Gasteiger partial charge is 0.191 e. The molecule has 7 heteroatoms. The molecule has 1 fully saturated rings. The van der Waals surface area contributed by atoms with E-state index < -0.39 is 0 Å². The van der Waals surface area contributed by atoms with Gasteiger partial charge in [-0.2, -0.15) is 5.10 Å². The van der Waals surface area contributed by atoms with Crippen molar-refractivity contribution in [3.63, 3.8) is 0 Å². The number of furan rings is 1. The van der Waals surface area contributed by atoms with Gasteiger partial charge >= 0.3 is 0 Å². The highest BCUT2D eigenvalue weighted by molar-refractivity contribution is 14.0. The second-order valence-corrected chi connectivity index (χ2v) is 7.49. The van der Waals surface area contributed by atoms with Crippen molar-refractivity contribution in [1.82, 2.24) is 20.4 Å². The molecule has 0 unspecified atom stereocenters. The summed E-state index contributed by atoms with van der Waals surface area (Å²) in [6.45, 7) is 2.04. The first-order chi connectivity index (χ1) is 14.4. The van der Waals surface area contributed by atoms with Gasteiger partial charge < -0.3 is 15.1 Å². The summed E-state index contributed by atoms with van der Waals surface area (Å²) < 4.78 is 7.55. The topological polar surface area (TPSA) is 67.4 Å². The average Bonchev–Trinajstić information content (AvgIpc) is 3.52. The Kier molecular flexibility index (Phi) is 8.80. The molecule has 0 spiro atoms. The van der Waals surface area contributed by atoms with Gasteiger partial charge in [-0.3, -0.25) is 4.68 Å². The lowest BCUT2D eigenvalue weighted by atomic mass is 10.2. The molecule has 2 N–H and O–H groups in total. The second-order valence-electron chi connectivity index (χ2n) is 7.49. The Labute approximate surface area is 195 Å². The standard InChI is InChI=1S/C23H29N5O.HI/c1-2-7-19(8-3-1)17-25-23(24-14-12-22-11-6-16-29-22)26-18-20-13-15-28(27-20)21-9-4-5-10-21;/h1-3,6-8,11,13,15-16,21H,4-5,9-10,12,14,17-18H2,(H2,24,25,26);1H. The predicted molar refractivity (Wildman–Crippen MR) is 130 cm³/mol. The van der Waals surface area contributed by atoms with Crippen molar-refractivity contribution >= 4 is 29.9 Å². The average molecular weight is 519 g/mol. The molecule has 0 bridgehead atoms. The van der Waals surface area contributed by atoms with E-state index in [1.54, 1.807) is 6.26 Å². The fourth-order valence-electron chi connectivity index (χ4n) is 3.71. The largest absolute Gasteiger partial charge is 0.469 e. The van der Waals surface area contributed by atoms with Gasteiger partial charge in [0.1, 0.15) is 5.76 Å². The summed E-state index contributed by atoms with van der Waals surface area (Å²) in [5, 5.41) is 11.6. The van der Waals surface area contributed by atoms with Gasteiger partial charge in [0, 0.05) is 19.2 Å². The van der Waals surface area contributed by atoms with E-state index in [9.17, 15) is 0 Å². The van der Waals surface area contributed by atoms with E-state index in [1.165, 1.54) is 31.2 Å². The van der Waals surface area contributed by atoms with E-state index in [0.29, 0.717) is 19.1 Å². The Morgan fingerprint density at radius 1 is 1.07 bits per heavy atom. The molecule has 6 nitrogen and oxygen atoms in total. The molecule has 0 radical (unpaired) electrons. The molecule has 1 aliphatic carbocycles. The molecule has 2 heterocycles. The zero-order valence-corrected chi connectivity index (χ0v) is 19.5. The molecular weight excluding hydrogens is 489 g/mol. The highest BCUT2D eigenvalue weighted by Gasteiger charge is 2.17. The molecule has 0 saturated heterocycles. The lowest BCUT2D eigenvalue weighted by Crippen LogP contribution is -2.38. The third kappa shape index (κ3) is 6.62. The molecule has 1 aliphatic rings. The van der Waals surface area contributed by atoms with Crippen LogP contribution in [0.4, 0.5) is 0 Å². The van der Waals surface area contributed by atoms with Crippen LogP contribution in [0.3, 0.4) is 0 Å². The number of guanidine groups is 1. The first kappa shape index (κ1) is 22.4. The molecule has 1 aromatic carbocycles. The van der Waals surface area contributed by atoms with Crippen LogP contribution in [0, 0.1) is 0 Å². The van der Waals surface area contributed by atoms with Gasteiger partial charge in [-0.15, -0.1) is 24.0 Å². The number of benzene rings is 1. The van der Waals surface area contributed by atoms with E-state index in [1.807, 2.05) is 30.3 Å². The number of halogens is 1. The Morgan fingerprint density at radius 3 is 2.67 bits per heavy atom. The minimum atomic E-state index is 0. The summed E-state index contributed by atoms with van der Waals surface area (Å²) in [5.41, 5.74) is 2.22. The summed E-state index contributed by atoms with van der Waals surface area (Å²) in [6.07, 6.45) is 9.74. The number of hydrogen-bond donors (Lipinski definition) is 2. The van der Waals surface area contributed by atoms with Gasteiger partial charge in [0.05, 0.1) is 31.1 Å². The molecule has 2 aromatic heterocycles. The van der Waals surface area contributed by atoms with Crippen LogP contribution in [0.5, 0.6) is 0 Å². The lowest BCUT2D eigenvalue weighted by Gasteiger charge is -2.12. The molecule has 0 atom stereocenters. The van der Waals surface area contributed by atoms with Crippen LogP contribution >= 0.6 is 24.0 Å². The quantitative estimate of drug-likeness (QED) is 0.258. The van der Waals surface area contributed by atoms with Crippen LogP contribution in [0.1, 0.15) is 48.7 Å². The maximum absolute atomic E-state index is 5.41. The number of nitrogens with zero attached hydrogens (tertiary/aromatic N) is 3. The molecule has 1 saturated carbocycles. The van der Waals surface area contributed by atoms with Crippen molar-refractivity contribution < 1.29 is 4.42 Å². The molecule has 160 valence electrons. The fraction of sp³-hybridized carbons (Fsp3) is 0.391. The predicted octanol–water partition coefficient (Wildman–Crippen LogP) is 4.69. The van der Waals surface area contributed by atoms with Crippen LogP contribution in [-0.2, 0) is 19.5 Å². The van der Waals surface area contributed by atoms with Crippen molar-refractivity contribution in [2.75, 3.05) is 6.54 Å². The molecule has 0 amide bonds. The maximum atomic E-state index is 5.41. The van der Waals surface area contributed by atoms with Gasteiger partial charge in [-0.1, -0.05) is 43.2 Å². The lowest BCUT2D eigenvalue weighted by molar-refractivity contribution is 0.462. The number of aliphatic imine (C=N–C) groups is 1. The minimum Gasteiger partial charge on any atom is -0.469 e. The number of aromatic nitrogens is 2. The van der Waals surface area contributed by atoms with Gasteiger partial charge in [0.2, 0.25) is 0 Å². The normalized spacial score (nSPS) is 14.5. The first-order valence-electron chi connectivity index (χ1n) is 10.5. The number of rotatable bonds is 8. The Morgan fingerprint density at radius 2 is 1.90 bits per heavy atom. The third-order valence-electron chi connectivity index (χ3n) is 5.31. The summed E-state index contributed by atoms with van der Waals surface area (Å²) >= 11 is 0. The van der Waals surface area contributed by atoms with Crippen molar-refractivity contribution in [2.45, 2.75) is 51.2 Å². The molecule has 3 aromatic rings. The summed E-state index contributed by atoms with van der Waals surface area (Å²) in [4.78, 5) is 4.74. The summed E-state index contributed by atoms with van der Waals surface area (Å²) in [7, 11) is 0. The van der Waals surface area contributed by atoms with Crippen molar-refractivity contribution in [3.05, 3.63) is 78.0 Å². The highest BCUT2D eigenvalue weighted by Crippen LogP contribution is 2.28. The van der Waals surface area contributed by atoms with Crippen molar-refractivity contribution in [2.24, 2.45) is 4.99 Å². The zero-order valence-electron chi connectivity index (χ0n) is 17.2. The van der Waals surface area contributed by atoms with Crippen LogP contribution in [-0.4, -0.2) is 22.3 Å². The molecular formula is C23H30IN5O. The zero-order chi connectivity index (χ0) is 19.7. The van der Waals surface area contributed by atoms with Crippen LogP contribution in [0.2, 0.25) is 0 Å². The third-order valence-corrected chi connectivity index (χ3v) is 5.31. The minimum absolute atomic E-state index is 0. The second kappa shape index (κ2) is 11.8. The van der Waals surface area contributed by atoms with Crippen LogP contribution in [0.15, 0.2) is 70.4 Å². The Bertz CT molecular complexity index is 885. The van der Waals surface area contributed by atoms with E-state index in [-0.39, 0.29) is 24.0 Å². The summed E-state index contributed by atoms with van der Waals surface area (Å²) in [6, 6.07) is 16.9. The van der Waals surface area contributed by atoms with Gasteiger partial charge in [-0.25, -0.2) is 4.99 Å². The van der Waals surface area contributed by atoms with Gasteiger partial charge in [0.15, 0.2) is 5.96 Å². The van der Waals surface area contributed by atoms with E-state index >= 15 is 0 Å². The Hall–Kier alpha value is -2.29. The monoisotopic (exact) mass is 519 g/mol. The first-order valence-corrected chi connectivity index (χ1v) is 10.5. The van der Waals surface area contributed by atoms with Crippen molar-refractivity contribution in [1.29, 1.82) is 0 Å². The van der Waals surface area contributed by atoms with Crippen LogP contribution in [0.25, 0.3) is 0 Å². The van der Waals surface area contributed by atoms with Crippen molar-refractivity contribution in [3.8, 4) is 0 Å². The number of nitrogens with one attached hydrogen (secondary N) is 2. The molecule has 30 heavy (non-hydrogen) atoms.